The van der Waals surface area contributed by atoms with E-state index in [-0.39, 0.29) is 0 Å². The van der Waals surface area contributed by atoms with Gasteiger partial charge in [-0.15, -0.1) is 0 Å². The molecule has 1 heterocycles. The third-order valence-electron chi connectivity index (χ3n) is 4.33. The van der Waals surface area contributed by atoms with Crippen LogP contribution in [-0.2, 0) is 17.8 Å². The highest BCUT2D eigenvalue weighted by Crippen LogP contribution is 2.26. The highest BCUT2D eigenvalue weighted by molar-refractivity contribution is 5.45. The molecular weight excluding hydrogens is 324 g/mol. The molecule has 0 spiro atoms. The van der Waals surface area contributed by atoms with Gasteiger partial charge in [0.25, 0.3) is 0 Å². The summed E-state index contributed by atoms with van der Waals surface area (Å²) in [6.45, 7) is 11.1. The van der Waals surface area contributed by atoms with Crippen molar-refractivity contribution in [3.63, 3.8) is 0 Å². The van der Waals surface area contributed by atoms with E-state index in [0.717, 1.165) is 38.4 Å². The lowest BCUT2D eigenvalue weighted by atomic mass is 10.0. The molecule has 1 amide bonds. The van der Waals surface area contributed by atoms with E-state index in [1.54, 1.807) is 6.07 Å². The summed E-state index contributed by atoms with van der Waals surface area (Å²) < 4.78 is 0. The Morgan fingerprint density at radius 2 is 1.85 bits per heavy atom. The van der Waals surface area contributed by atoms with Crippen molar-refractivity contribution in [3.8, 4) is 5.75 Å². The van der Waals surface area contributed by atoms with E-state index in [9.17, 15) is 4.79 Å². The summed E-state index contributed by atoms with van der Waals surface area (Å²) >= 11 is 0. The van der Waals surface area contributed by atoms with Gasteiger partial charge in [0.15, 0.2) is 0 Å². The lowest BCUT2D eigenvalue weighted by Crippen LogP contribution is -2.23. The van der Waals surface area contributed by atoms with Crippen LogP contribution < -0.4 is 10.6 Å². The van der Waals surface area contributed by atoms with E-state index >= 15 is 0 Å². The van der Waals surface area contributed by atoms with Gasteiger partial charge < -0.3 is 15.7 Å². The summed E-state index contributed by atoms with van der Waals surface area (Å²) in [5.41, 5.74) is 2.60. The normalized spacial score (nSPS) is 15.1. The monoisotopic (exact) mass is 364 g/mol. The maximum Gasteiger partial charge on any atom is 0.207 e. The summed E-state index contributed by atoms with van der Waals surface area (Å²) in [6, 6.07) is 5.59. The molecule has 0 bridgehead atoms. The predicted octanol–water partition coefficient (Wildman–Crippen LogP) is 4.79. The maximum absolute atomic E-state index is 9.87. The third-order valence-corrected chi connectivity index (χ3v) is 4.33. The average Bonchev–Trinajstić information content (AvgIpc) is 3.18. The van der Waals surface area contributed by atoms with Gasteiger partial charge in [-0.2, -0.15) is 0 Å². The lowest BCUT2D eigenvalue weighted by molar-refractivity contribution is -0.109. The first-order valence-corrected chi connectivity index (χ1v) is 10.4. The molecule has 3 N–H and O–H groups in total. The molecule has 150 valence electrons. The largest absolute Gasteiger partial charge is 0.508 e. The molecule has 1 aliphatic carbocycles. The summed E-state index contributed by atoms with van der Waals surface area (Å²) in [7, 11) is 0. The van der Waals surface area contributed by atoms with Crippen LogP contribution in [0.15, 0.2) is 18.2 Å². The topological polar surface area (TPSA) is 61.4 Å². The van der Waals surface area contributed by atoms with Gasteiger partial charge in [-0.25, -0.2) is 0 Å². The molecule has 0 atom stereocenters. The summed E-state index contributed by atoms with van der Waals surface area (Å²) in [5, 5.41) is 15.1. The maximum atomic E-state index is 9.87. The molecule has 0 aromatic heterocycles. The third kappa shape index (κ3) is 11.1. The van der Waals surface area contributed by atoms with Gasteiger partial charge in [-0.3, -0.25) is 4.79 Å². The minimum atomic E-state index is 0.368. The van der Waals surface area contributed by atoms with Crippen molar-refractivity contribution in [2.24, 2.45) is 5.92 Å². The first kappa shape index (κ1) is 24.5. The van der Waals surface area contributed by atoms with Crippen LogP contribution in [0, 0.1) is 5.92 Å². The van der Waals surface area contributed by atoms with Crippen molar-refractivity contribution in [1.82, 2.24) is 10.6 Å². The molecule has 1 aromatic carbocycles. The quantitative estimate of drug-likeness (QED) is 0.531. The van der Waals surface area contributed by atoms with E-state index in [4.69, 9.17) is 5.11 Å². The molecule has 4 nitrogen and oxygen atoms in total. The molecule has 0 radical (unpaired) electrons. The van der Waals surface area contributed by atoms with Crippen molar-refractivity contribution in [3.05, 3.63) is 29.3 Å². The van der Waals surface area contributed by atoms with Crippen LogP contribution in [0.2, 0.25) is 0 Å². The van der Waals surface area contributed by atoms with Gasteiger partial charge in [0.2, 0.25) is 6.41 Å². The highest BCUT2D eigenvalue weighted by atomic mass is 16.3. The molecule has 3 rings (SSSR count). The SMILES string of the molecule is CC.CCC.O=CNCCC1CCCC1.Oc1ccc2c(c1)CNCC2. The Balaban J connectivity index is 0.000000388. The second-order valence-corrected chi connectivity index (χ2v) is 6.60. The Kier molecular flexibility index (Phi) is 15.9. The van der Waals surface area contributed by atoms with Crippen LogP contribution in [0.25, 0.3) is 0 Å². The van der Waals surface area contributed by atoms with Crippen molar-refractivity contribution in [2.75, 3.05) is 13.1 Å². The number of carbonyl (C=O) groups is 1. The van der Waals surface area contributed by atoms with Crippen LogP contribution in [0.1, 0.15) is 77.3 Å². The van der Waals surface area contributed by atoms with E-state index in [1.165, 1.54) is 49.7 Å². The van der Waals surface area contributed by atoms with Crippen LogP contribution in [0.3, 0.4) is 0 Å². The van der Waals surface area contributed by atoms with E-state index < -0.39 is 0 Å². The first-order chi connectivity index (χ1) is 12.7. The van der Waals surface area contributed by atoms with Crippen LogP contribution in [-0.4, -0.2) is 24.6 Å². The smallest absolute Gasteiger partial charge is 0.207 e. The number of phenols is 1. The molecule has 26 heavy (non-hydrogen) atoms. The Bertz CT molecular complexity index is 457. The fourth-order valence-corrected chi connectivity index (χ4v) is 3.11. The van der Waals surface area contributed by atoms with Crippen molar-refractivity contribution >= 4 is 6.41 Å². The van der Waals surface area contributed by atoms with Gasteiger partial charge in [0.1, 0.15) is 5.75 Å². The zero-order valence-electron chi connectivity index (χ0n) is 17.3. The van der Waals surface area contributed by atoms with Crippen LogP contribution in [0.4, 0.5) is 0 Å². The minimum absolute atomic E-state index is 0.368. The molecule has 4 heteroatoms. The predicted molar refractivity (Wildman–Crippen MR) is 111 cm³/mol. The summed E-state index contributed by atoms with van der Waals surface area (Å²) in [6.07, 6.45) is 9.84. The molecule has 0 saturated heterocycles. The molecular formula is C22H40N2O2. The number of phenolic OH excluding ortho intramolecular Hbond substituents is 1. The number of amides is 1. The summed E-state index contributed by atoms with van der Waals surface area (Å²) in [4.78, 5) is 9.87. The van der Waals surface area contributed by atoms with Crippen LogP contribution >= 0.6 is 0 Å². The number of hydrogen-bond donors (Lipinski definition) is 3. The molecule has 1 aliphatic heterocycles. The van der Waals surface area contributed by atoms with Crippen molar-refractivity contribution < 1.29 is 9.90 Å². The molecule has 1 saturated carbocycles. The zero-order valence-corrected chi connectivity index (χ0v) is 17.3. The highest BCUT2D eigenvalue weighted by Gasteiger charge is 2.13. The zero-order chi connectivity index (χ0) is 19.6. The molecule has 2 aliphatic rings. The Morgan fingerprint density at radius 3 is 2.46 bits per heavy atom. The number of carbonyl (C=O) groups excluding carboxylic acids is 1. The Labute approximate surface area is 160 Å². The second kappa shape index (κ2) is 16.9. The molecule has 1 aromatic rings. The standard InChI is InChI=1S/C9H11NO.C8H15NO.C3H8.C2H6/c11-9-2-1-7-3-4-10-6-8(7)5-9;10-7-9-6-5-8-3-1-2-4-8;1-3-2;1-2/h1-2,5,10-11H,3-4,6H2;7-8H,1-6H2,(H,9,10);3H2,1-2H3;1-2H3. The van der Waals surface area contributed by atoms with Gasteiger partial charge in [-0.1, -0.05) is 65.9 Å². The Hall–Kier alpha value is -1.55. The number of benzene rings is 1. The van der Waals surface area contributed by atoms with Gasteiger partial charge in [0, 0.05) is 13.1 Å². The average molecular weight is 365 g/mol. The lowest BCUT2D eigenvalue weighted by Gasteiger charge is -2.16. The fraction of sp³-hybridized carbons (Fsp3) is 0.682. The number of fused-ring (bicyclic) bond motifs is 1. The number of rotatable bonds is 4. The van der Waals surface area contributed by atoms with Gasteiger partial charge in [0.05, 0.1) is 0 Å². The number of hydrogen-bond acceptors (Lipinski definition) is 3. The van der Waals surface area contributed by atoms with E-state index in [2.05, 4.69) is 24.5 Å². The fourth-order valence-electron chi connectivity index (χ4n) is 3.11. The number of aromatic hydroxyl groups is 1. The van der Waals surface area contributed by atoms with E-state index in [1.807, 2.05) is 26.0 Å². The van der Waals surface area contributed by atoms with Crippen LogP contribution in [0.5, 0.6) is 5.75 Å². The number of nitrogens with one attached hydrogen (secondary N) is 2. The Morgan fingerprint density at radius 1 is 1.19 bits per heavy atom. The van der Waals surface area contributed by atoms with E-state index in [0.29, 0.717) is 5.75 Å². The van der Waals surface area contributed by atoms with Gasteiger partial charge >= 0.3 is 0 Å². The minimum Gasteiger partial charge on any atom is -0.508 e. The second-order valence-electron chi connectivity index (χ2n) is 6.60. The first-order valence-electron chi connectivity index (χ1n) is 10.4. The molecule has 1 fully saturated rings. The summed E-state index contributed by atoms with van der Waals surface area (Å²) in [5.74, 6) is 1.26. The van der Waals surface area contributed by atoms with Gasteiger partial charge in [-0.05, 0) is 48.6 Å². The molecule has 0 unspecified atom stereocenters. The van der Waals surface area contributed by atoms with Crippen molar-refractivity contribution in [1.29, 1.82) is 0 Å². The van der Waals surface area contributed by atoms with Crippen molar-refractivity contribution in [2.45, 2.75) is 79.2 Å².